The van der Waals surface area contributed by atoms with Crippen molar-refractivity contribution in [2.24, 2.45) is 5.41 Å². The summed E-state index contributed by atoms with van der Waals surface area (Å²) in [4.78, 5) is 27.7. The summed E-state index contributed by atoms with van der Waals surface area (Å²) in [7, 11) is 0. The Morgan fingerprint density at radius 1 is 1.43 bits per heavy atom. The predicted molar refractivity (Wildman–Crippen MR) is 81.2 cm³/mol. The summed E-state index contributed by atoms with van der Waals surface area (Å²) in [6.45, 7) is 6.65. The third-order valence-corrected chi connectivity index (χ3v) is 4.87. The van der Waals surface area contributed by atoms with Gasteiger partial charge in [-0.15, -0.1) is 11.3 Å². The van der Waals surface area contributed by atoms with Crippen LogP contribution in [0.5, 0.6) is 0 Å². The van der Waals surface area contributed by atoms with E-state index in [1.165, 1.54) is 11.3 Å². The summed E-state index contributed by atoms with van der Waals surface area (Å²) in [6, 6.07) is 0. The average Bonchev–Trinajstić information content (AvgIpc) is 2.79. The molecule has 0 aromatic carbocycles. The molecule has 6 heteroatoms. The Hall–Kier alpha value is -1.43. The zero-order valence-corrected chi connectivity index (χ0v) is 13.5. The zero-order chi connectivity index (χ0) is 15.7. The van der Waals surface area contributed by atoms with Crippen LogP contribution in [0, 0.1) is 5.41 Å². The van der Waals surface area contributed by atoms with Gasteiger partial charge in [0.25, 0.3) is 0 Å². The van der Waals surface area contributed by atoms with E-state index >= 15 is 0 Å². The lowest BCUT2D eigenvalue weighted by molar-refractivity contribution is -0.157. The first-order chi connectivity index (χ1) is 9.73. The number of hydrogen-bond acceptors (Lipinski definition) is 4. The second-order valence-corrected chi connectivity index (χ2v) is 7.71. The Morgan fingerprint density at radius 3 is 2.52 bits per heavy atom. The van der Waals surface area contributed by atoms with Crippen LogP contribution in [0.25, 0.3) is 0 Å². The standard InChI is InChI=1S/C15H22N2O3S/c1-14(2,3)10-9-21-12(17-10)8-16-11(18)7-15(13(19)20)5-4-6-15/h9H,4-8H2,1-3H3,(H,16,18)(H,19,20). The van der Waals surface area contributed by atoms with Gasteiger partial charge in [-0.3, -0.25) is 9.59 Å². The number of carbonyl (C=O) groups is 2. The molecule has 1 aromatic heterocycles. The van der Waals surface area contributed by atoms with Crippen molar-refractivity contribution < 1.29 is 14.7 Å². The second-order valence-electron chi connectivity index (χ2n) is 6.77. The Bertz CT molecular complexity index is 541. The molecule has 0 aliphatic heterocycles. The highest BCUT2D eigenvalue weighted by Gasteiger charge is 2.45. The van der Waals surface area contributed by atoms with Crippen LogP contribution in [0.1, 0.15) is 57.2 Å². The highest BCUT2D eigenvalue weighted by molar-refractivity contribution is 7.09. The molecule has 2 N–H and O–H groups in total. The third-order valence-electron chi connectivity index (χ3n) is 4.02. The van der Waals surface area contributed by atoms with Crippen LogP contribution in [-0.2, 0) is 21.5 Å². The van der Waals surface area contributed by atoms with E-state index in [9.17, 15) is 14.7 Å². The molecule has 0 atom stereocenters. The zero-order valence-electron chi connectivity index (χ0n) is 12.7. The summed E-state index contributed by atoms with van der Waals surface area (Å²) >= 11 is 1.52. The van der Waals surface area contributed by atoms with Crippen molar-refractivity contribution in [1.82, 2.24) is 10.3 Å². The number of nitrogens with zero attached hydrogens (tertiary/aromatic N) is 1. The number of carbonyl (C=O) groups excluding carboxylic acids is 1. The van der Waals surface area contributed by atoms with Crippen molar-refractivity contribution in [3.05, 3.63) is 16.1 Å². The van der Waals surface area contributed by atoms with Gasteiger partial charge in [-0.2, -0.15) is 0 Å². The van der Waals surface area contributed by atoms with Gasteiger partial charge in [-0.05, 0) is 12.8 Å². The Balaban J connectivity index is 1.87. The van der Waals surface area contributed by atoms with Gasteiger partial charge >= 0.3 is 5.97 Å². The van der Waals surface area contributed by atoms with E-state index in [1.807, 2.05) is 5.38 Å². The molecular weight excluding hydrogens is 288 g/mol. The number of carboxylic acids is 1. The van der Waals surface area contributed by atoms with Crippen LogP contribution in [0.3, 0.4) is 0 Å². The molecule has 0 radical (unpaired) electrons. The number of hydrogen-bond donors (Lipinski definition) is 2. The highest BCUT2D eigenvalue weighted by Crippen LogP contribution is 2.44. The molecule has 116 valence electrons. The normalized spacial score (nSPS) is 17.1. The maximum atomic E-state index is 11.9. The summed E-state index contributed by atoms with van der Waals surface area (Å²) in [5.74, 6) is -1.06. The lowest BCUT2D eigenvalue weighted by Crippen LogP contribution is -2.42. The third kappa shape index (κ3) is 3.61. The van der Waals surface area contributed by atoms with Crippen LogP contribution in [-0.4, -0.2) is 22.0 Å². The molecular formula is C15H22N2O3S. The van der Waals surface area contributed by atoms with Crippen molar-refractivity contribution in [2.75, 3.05) is 0 Å². The molecule has 1 aliphatic rings. The molecule has 1 aliphatic carbocycles. The summed E-state index contributed by atoms with van der Waals surface area (Å²) in [5.41, 5.74) is 0.180. The fourth-order valence-corrected chi connectivity index (χ4v) is 3.31. The van der Waals surface area contributed by atoms with Crippen LogP contribution in [0.15, 0.2) is 5.38 Å². The van der Waals surface area contributed by atoms with E-state index in [2.05, 4.69) is 31.1 Å². The fourth-order valence-electron chi connectivity index (χ4n) is 2.35. The van der Waals surface area contributed by atoms with Gasteiger partial charge in [0.05, 0.1) is 17.7 Å². The van der Waals surface area contributed by atoms with Gasteiger partial charge in [-0.25, -0.2) is 4.98 Å². The van der Waals surface area contributed by atoms with Crippen LogP contribution < -0.4 is 5.32 Å². The van der Waals surface area contributed by atoms with E-state index in [4.69, 9.17) is 0 Å². The molecule has 2 rings (SSSR count). The number of thiazole rings is 1. The first kappa shape index (κ1) is 15.9. The van der Waals surface area contributed by atoms with Gasteiger partial charge in [0, 0.05) is 17.2 Å². The molecule has 1 saturated carbocycles. The second kappa shape index (κ2) is 5.75. The molecule has 1 heterocycles. The number of aliphatic carboxylic acids is 1. The lowest BCUT2D eigenvalue weighted by Gasteiger charge is -2.36. The number of rotatable bonds is 5. The van der Waals surface area contributed by atoms with E-state index in [1.54, 1.807) is 0 Å². The summed E-state index contributed by atoms with van der Waals surface area (Å²) < 4.78 is 0. The largest absolute Gasteiger partial charge is 0.481 e. The Morgan fingerprint density at radius 2 is 2.10 bits per heavy atom. The number of nitrogens with one attached hydrogen (secondary N) is 1. The molecule has 0 saturated heterocycles. The highest BCUT2D eigenvalue weighted by atomic mass is 32.1. The van der Waals surface area contributed by atoms with Crippen molar-refractivity contribution in [1.29, 1.82) is 0 Å². The smallest absolute Gasteiger partial charge is 0.310 e. The van der Waals surface area contributed by atoms with Gasteiger partial charge < -0.3 is 10.4 Å². The molecule has 0 unspecified atom stereocenters. The molecule has 1 amide bonds. The van der Waals surface area contributed by atoms with E-state index in [0.717, 1.165) is 17.1 Å². The van der Waals surface area contributed by atoms with E-state index in [-0.39, 0.29) is 17.7 Å². The van der Waals surface area contributed by atoms with Crippen LogP contribution in [0.2, 0.25) is 0 Å². The Kier molecular flexibility index (Phi) is 4.37. The monoisotopic (exact) mass is 310 g/mol. The Labute approximate surface area is 128 Å². The van der Waals surface area contributed by atoms with Crippen molar-refractivity contribution in [3.63, 3.8) is 0 Å². The summed E-state index contributed by atoms with van der Waals surface area (Å²) in [5, 5.41) is 14.9. The number of amides is 1. The molecule has 1 fully saturated rings. The predicted octanol–water partition coefficient (Wildman–Crippen LogP) is 2.70. The molecule has 21 heavy (non-hydrogen) atoms. The minimum absolute atomic E-state index is 0.00193. The molecule has 0 spiro atoms. The number of carboxylic acid groups (broad SMARTS) is 1. The van der Waals surface area contributed by atoms with E-state index in [0.29, 0.717) is 19.4 Å². The molecule has 1 aromatic rings. The number of aromatic nitrogens is 1. The van der Waals surface area contributed by atoms with Crippen molar-refractivity contribution in [3.8, 4) is 0 Å². The van der Waals surface area contributed by atoms with Crippen LogP contribution >= 0.6 is 11.3 Å². The maximum absolute atomic E-state index is 11.9. The van der Waals surface area contributed by atoms with Crippen LogP contribution in [0.4, 0.5) is 0 Å². The minimum atomic E-state index is -0.854. The topological polar surface area (TPSA) is 79.3 Å². The molecule has 0 bridgehead atoms. The lowest BCUT2D eigenvalue weighted by atomic mass is 9.66. The van der Waals surface area contributed by atoms with Gasteiger partial charge in [0.2, 0.25) is 5.91 Å². The summed E-state index contributed by atoms with van der Waals surface area (Å²) in [6.07, 6.45) is 2.16. The first-order valence-corrected chi connectivity index (χ1v) is 8.06. The quantitative estimate of drug-likeness (QED) is 0.876. The van der Waals surface area contributed by atoms with Gasteiger partial charge in [0.15, 0.2) is 0 Å². The van der Waals surface area contributed by atoms with Crippen molar-refractivity contribution in [2.45, 2.75) is 58.4 Å². The van der Waals surface area contributed by atoms with E-state index < -0.39 is 11.4 Å². The van der Waals surface area contributed by atoms with Gasteiger partial charge in [-0.1, -0.05) is 27.2 Å². The van der Waals surface area contributed by atoms with Gasteiger partial charge in [0.1, 0.15) is 5.01 Å². The van der Waals surface area contributed by atoms with Crippen molar-refractivity contribution >= 4 is 23.2 Å². The average molecular weight is 310 g/mol. The minimum Gasteiger partial charge on any atom is -0.481 e. The maximum Gasteiger partial charge on any atom is 0.310 e. The molecule has 5 nitrogen and oxygen atoms in total. The first-order valence-electron chi connectivity index (χ1n) is 7.18. The fraction of sp³-hybridized carbons (Fsp3) is 0.667. The SMILES string of the molecule is CC(C)(C)c1csc(CNC(=O)CC2(C(=O)O)CCC2)n1.